The minimum Gasteiger partial charge on any atom is -0.307 e. The largest absolute Gasteiger partial charge is 0.307 e. The Morgan fingerprint density at radius 3 is 2.86 bits per heavy atom. The van der Waals surface area contributed by atoms with Gasteiger partial charge in [0.1, 0.15) is 0 Å². The zero-order valence-electron chi connectivity index (χ0n) is 8.72. The normalized spacial score (nSPS) is 35.1. The van der Waals surface area contributed by atoms with Crippen LogP contribution in [0.1, 0.15) is 30.4 Å². The maximum Gasteiger partial charge on any atom is 0.0440 e. The maximum absolute atomic E-state index is 3.70. The average molecular weight is 187 g/mol. The summed E-state index contributed by atoms with van der Waals surface area (Å²) in [5.41, 5.74) is 3.25. The van der Waals surface area contributed by atoms with Crippen molar-refractivity contribution in [2.75, 3.05) is 6.54 Å². The molecule has 1 aliphatic carbocycles. The van der Waals surface area contributed by atoms with E-state index in [0.717, 1.165) is 5.92 Å². The summed E-state index contributed by atoms with van der Waals surface area (Å²) >= 11 is 0. The third kappa shape index (κ3) is 1.12. The van der Waals surface area contributed by atoms with Crippen molar-refractivity contribution in [3.05, 3.63) is 35.4 Å². The lowest BCUT2D eigenvalue weighted by molar-refractivity contribution is 0.0501. The van der Waals surface area contributed by atoms with Gasteiger partial charge < -0.3 is 5.32 Å². The molecule has 1 aromatic rings. The molecule has 74 valence electrons. The summed E-state index contributed by atoms with van der Waals surface area (Å²) in [5.74, 6) is 0.997. The Morgan fingerprint density at radius 1 is 1.36 bits per heavy atom. The van der Waals surface area contributed by atoms with E-state index in [1.165, 1.54) is 36.9 Å². The number of hydrogen-bond donors (Lipinski definition) is 1. The van der Waals surface area contributed by atoms with Crippen molar-refractivity contribution < 1.29 is 0 Å². The highest BCUT2D eigenvalue weighted by molar-refractivity contribution is 5.32. The fourth-order valence-electron chi connectivity index (χ4n) is 3.07. The Labute approximate surface area is 85.5 Å². The zero-order valence-corrected chi connectivity index (χ0v) is 8.72. The highest BCUT2D eigenvalue weighted by Gasteiger charge is 2.47. The van der Waals surface area contributed by atoms with Crippen LogP contribution in [-0.2, 0) is 5.54 Å². The average Bonchev–Trinajstić information content (AvgIpc) is 2.17. The standard InChI is InChI=1S/C13H17N/c1-10-3-2-4-12(7-10)13-8-11(9-13)5-6-14-13/h2-4,7,11,14H,5-6,8-9H2,1H3. The minimum absolute atomic E-state index is 0.356. The number of piperidine rings is 2. The number of nitrogens with one attached hydrogen (secondary N) is 1. The molecule has 1 N–H and O–H groups in total. The van der Waals surface area contributed by atoms with Crippen LogP contribution in [0.5, 0.6) is 0 Å². The first-order chi connectivity index (χ1) is 6.78. The van der Waals surface area contributed by atoms with Gasteiger partial charge in [0.25, 0.3) is 0 Å². The molecule has 0 amide bonds. The SMILES string of the molecule is Cc1cccc(C23CC(CCN2)C3)c1. The Morgan fingerprint density at radius 2 is 2.21 bits per heavy atom. The monoisotopic (exact) mass is 187 g/mol. The zero-order chi connectivity index (χ0) is 9.60. The van der Waals surface area contributed by atoms with Crippen molar-refractivity contribution in [1.82, 2.24) is 5.32 Å². The van der Waals surface area contributed by atoms with Gasteiger partial charge >= 0.3 is 0 Å². The predicted octanol–water partition coefficient (Wildman–Crippen LogP) is 2.59. The molecule has 0 atom stereocenters. The van der Waals surface area contributed by atoms with Gasteiger partial charge in [0, 0.05) is 5.54 Å². The first-order valence-corrected chi connectivity index (χ1v) is 5.61. The Hall–Kier alpha value is -0.820. The summed E-state index contributed by atoms with van der Waals surface area (Å²) in [6, 6.07) is 8.98. The van der Waals surface area contributed by atoms with E-state index in [0.29, 0.717) is 5.54 Å². The number of hydrogen-bond acceptors (Lipinski definition) is 1. The van der Waals surface area contributed by atoms with Crippen LogP contribution in [0.4, 0.5) is 0 Å². The van der Waals surface area contributed by atoms with E-state index >= 15 is 0 Å². The second kappa shape index (κ2) is 2.83. The lowest BCUT2D eigenvalue weighted by Crippen LogP contribution is -2.57. The van der Waals surface area contributed by atoms with E-state index in [1.807, 2.05) is 0 Å². The summed E-state index contributed by atoms with van der Waals surface area (Å²) < 4.78 is 0. The molecule has 1 aromatic carbocycles. The quantitative estimate of drug-likeness (QED) is 0.712. The molecule has 1 saturated carbocycles. The number of benzene rings is 1. The molecular weight excluding hydrogens is 170 g/mol. The molecule has 1 heteroatoms. The highest BCUT2D eigenvalue weighted by Crippen LogP contribution is 2.49. The maximum atomic E-state index is 3.70. The van der Waals surface area contributed by atoms with Crippen LogP contribution in [-0.4, -0.2) is 6.54 Å². The van der Waals surface area contributed by atoms with Crippen LogP contribution in [0.15, 0.2) is 24.3 Å². The van der Waals surface area contributed by atoms with Crippen LogP contribution in [0.2, 0.25) is 0 Å². The van der Waals surface area contributed by atoms with Crippen LogP contribution < -0.4 is 5.32 Å². The molecule has 0 spiro atoms. The molecule has 3 aliphatic rings. The summed E-state index contributed by atoms with van der Waals surface area (Å²) in [6.07, 6.45) is 4.10. The lowest BCUT2D eigenvalue weighted by atomic mass is 9.61. The molecule has 1 nitrogen and oxygen atoms in total. The first kappa shape index (κ1) is 8.49. The van der Waals surface area contributed by atoms with Crippen LogP contribution in [0.25, 0.3) is 0 Å². The summed E-state index contributed by atoms with van der Waals surface area (Å²) in [5, 5.41) is 3.70. The van der Waals surface area contributed by atoms with Crippen molar-refractivity contribution in [1.29, 1.82) is 0 Å². The van der Waals surface area contributed by atoms with E-state index in [9.17, 15) is 0 Å². The van der Waals surface area contributed by atoms with Crippen LogP contribution in [0, 0.1) is 12.8 Å². The fourth-order valence-corrected chi connectivity index (χ4v) is 3.07. The van der Waals surface area contributed by atoms with E-state index in [2.05, 4.69) is 36.5 Å². The molecule has 4 rings (SSSR count). The molecule has 14 heavy (non-hydrogen) atoms. The molecule has 2 saturated heterocycles. The smallest absolute Gasteiger partial charge is 0.0440 e. The molecule has 2 aliphatic heterocycles. The van der Waals surface area contributed by atoms with Crippen LogP contribution in [0.3, 0.4) is 0 Å². The predicted molar refractivity (Wildman–Crippen MR) is 58.2 cm³/mol. The molecule has 0 radical (unpaired) electrons. The van der Waals surface area contributed by atoms with Gasteiger partial charge in [-0.3, -0.25) is 0 Å². The minimum atomic E-state index is 0.356. The van der Waals surface area contributed by atoms with Gasteiger partial charge in [-0.25, -0.2) is 0 Å². The van der Waals surface area contributed by atoms with Crippen molar-refractivity contribution in [2.45, 2.75) is 31.7 Å². The first-order valence-electron chi connectivity index (χ1n) is 5.61. The van der Waals surface area contributed by atoms with E-state index < -0.39 is 0 Å². The summed E-state index contributed by atoms with van der Waals surface area (Å²) in [7, 11) is 0. The van der Waals surface area contributed by atoms with Gasteiger partial charge in [0.15, 0.2) is 0 Å². The van der Waals surface area contributed by atoms with Gasteiger partial charge in [-0.1, -0.05) is 29.8 Å². The van der Waals surface area contributed by atoms with Gasteiger partial charge in [-0.2, -0.15) is 0 Å². The van der Waals surface area contributed by atoms with Crippen molar-refractivity contribution >= 4 is 0 Å². The summed E-state index contributed by atoms with van der Waals surface area (Å²) in [4.78, 5) is 0. The molecule has 0 unspecified atom stereocenters. The third-order valence-electron chi connectivity index (χ3n) is 3.86. The molecule has 3 fully saturated rings. The van der Waals surface area contributed by atoms with Gasteiger partial charge in [0.2, 0.25) is 0 Å². The van der Waals surface area contributed by atoms with Crippen molar-refractivity contribution in [3.8, 4) is 0 Å². The van der Waals surface area contributed by atoms with E-state index in [1.54, 1.807) is 0 Å². The fraction of sp³-hybridized carbons (Fsp3) is 0.538. The second-order valence-electron chi connectivity index (χ2n) is 4.94. The molecule has 2 heterocycles. The van der Waals surface area contributed by atoms with Gasteiger partial charge in [-0.05, 0) is 44.2 Å². The molecular formula is C13H17N. The van der Waals surface area contributed by atoms with Crippen LogP contribution >= 0.6 is 0 Å². The number of aryl methyl sites for hydroxylation is 1. The Bertz CT molecular complexity index is 344. The lowest BCUT2D eigenvalue weighted by Gasteiger charge is -2.53. The molecule has 2 bridgehead atoms. The molecule has 0 aromatic heterocycles. The second-order valence-corrected chi connectivity index (χ2v) is 4.94. The summed E-state index contributed by atoms with van der Waals surface area (Å²) in [6.45, 7) is 3.39. The van der Waals surface area contributed by atoms with Crippen molar-refractivity contribution in [2.24, 2.45) is 5.92 Å². The van der Waals surface area contributed by atoms with Gasteiger partial charge in [-0.15, -0.1) is 0 Å². The van der Waals surface area contributed by atoms with Gasteiger partial charge in [0.05, 0.1) is 0 Å². The Balaban J connectivity index is 1.95. The third-order valence-corrected chi connectivity index (χ3v) is 3.86. The van der Waals surface area contributed by atoms with Crippen molar-refractivity contribution in [3.63, 3.8) is 0 Å². The van der Waals surface area contributed by atoms with E-state index in [4.69, 9.17) is 0 Å². The van der Waals surface area contributed by atoms with E-state index in [-0.39, 0.29) is 0 Å². The topological polar surface area (TPSA) is 12.0 Å². The number of fused-ring (bicyclic) bond motifs is 2. The number of rotatable bonds is 1. The Kier molecular flexibility index (Phi) is 1.72. The highest BCUT2D eigenvalue weighted by atomic mass is 15.0.